The lowest BCUT2D eigenvalue weighted by atomic mass is 10.1. The summed E-state index contributed by atoms with van der Waals surface area (Å²) in [5, 5.41) is 9.19. The highest BCUT2D eigenvalue weighted by atomic mass is 32.2. The largest absolute Gasteiger partial charge is 0.480 e. The van der Waals surface area contributed by atoms with Gasteiger partial charge in [-0.05, 0) is 11.6 Å². The van der Waals surface area contributed by atoms with Gasteiger partial charge < -0.3 is 9.84 Å². The van der Waals surface area contributed by atoms with E-state index >= 15 is 0 Å². The smallest absolute Gasteiger partial charge is 0.327 e. The molecule has 1 unspecified atom stereocenters. The molecule has 0 spiro atoms. The molecular formula is C12H13NO6S. The Morgan fingerprint density at radius 2 is 2.05 bits per heavy atom. The van der Waals surface area contributed by atoms with Crippen molar-refractivity contribution in [2.24, 2.45) is 0 Å². The number of aliphatic carboxylic acids is 1. The number of nitrogens with zero attached hydrogens (tertiary/aromatic N) is 1. The summed E-state index contributed by atoms with van der Waals surface area (Å²) in [6.07, 6.45) is 0.0753. The number of sulfonamides is 1. The first-order chi connectivity index (χ1) is 9.36. The third-order valence-corrected chi connectivity index (χ3v) is 4.69. The molecule has 20 heavy (non-hydrogen) atoms. The Hall–Kier alpha value is -2.09. The number of ether oxygens (including phenoxy) is 1. The van der Waals surface area contributed by atoms with Crippen molar-refractivity contribution < 1.29 is 27.9 Å². The highest BCUT2D eigenvalue weighted by Crippen LogP contribution is 2.34. The lowest BCUT2D eigenvalue weighted by Crippen LogP contribution is -2.45. The maximum absolute atomic E-state index is 12.2. The van der Waals surface area contributed by atoms with E-state index in [-0.39, 0.29) is 6.42 Å². The van der Waals surface area contributed by atoms with Crippen LogP contribution in [0.4, 0.5) is 5.69 Å². The van der Waals surface area contributed by atoms with Gasteiger partial charge in [-0.2, -0.15) is 0 Å². The fraction of sp³-hybridized carbons (Fsp3) is 0.333. The predicted octanol–water partition coefficient (Wildman–Crippen LogP) is 0.00510. The summed E-state index contributed by atoms with van der Waals surface area (Å²) in [7, 11) is -3.03. The summed E-state index contributed by atoms with van der Waals surface area (Å²) in [4.78, 5) is 22.5. The maximum atomic E-state index is 12.2. The van der Waals surface area contributed by atoms with Crippen LogP contribution in [0.3, 0.4) is 0 Å². The van der Waals surface area contributed by atoms with E-state index in [1.165, 1.54) is 6.07 Å². The van der Waals surface area contributed by atoms with Gasteiger partial charge in [0, 0.05) is 6.42 Å². The summed E-state index contributed by atoms with van der Waals surface area (Å²) in [5.74, 6) is -3.07. The van der Waals surface area contributed by atoms with Crippen LogP contribution in [0.25, 0.3) is 0 Å². The lowest BCUT2D eigenvalue weighted by Gasteiger charge is -2.23. The third kappa shape index (κ3) is 2.46. The monoisotopic (exact) mass is 299 g/mol. The number of carbonyl (C=O) groups excluding carboxylic acids is 1. The normalized spacial score (nSPS) is 17.6. The number of fused-ring (bicyclic) bond motifs is 1. The van der Waals surface area contributed by atoms with Crippen LogP contribution >= 0.6 is 0 Å². The molecule has 0 aromatic heterocycles. The number of rotatable bonds is 4. The molecule has 1 N–H and O–H groups in total. The molecular weight excluding hydrogens is 286 g/mol. The first-order valence-electron chi connectivity index (χ1n) is 5.76. The Balaban J connectivity index is 2.45. The molecule has 1 aliphatic rings. The number of carboxylic acids is 1. The molecule has 8 heteroatoms. The number of para-hydroxylation sites is 1. The Bertz CT molecular complexity index is 654. The molecule has 1 heterocycles. The number of benzene rings is 1. The molecule has 7 nitrogen and oxygen atoms in total. The Morgan fingerprint density at radius 1 is 1.40 bits per heavy atom. The summed E-state index contributed by atoms with van der Waals surface area (Å²) < 4.78 is 29.6. The van der Waals surface area contributed by atoms with Crippen molar-refractivity contribution in [3.63, 3.8) is 0 Å². The second-order valence-electron chi connectivity index (χ2n) is 4.32. The number of hydrogen-bond acceptors (Lipinski definition) is 5. The number of hydrogen-bond donors (Lipinski definition) is 1. The zero-order chi connectivity index (χ0) is 14.9. The average molecular weight is 299 g/mol. The molecule has 0 aliphatic carbocycles. The molecule has 0 radical (unpaired) electrons. The SMILES string of the molecule is COC(=O)CS(=O)(=O)N1c2ccccc2CC1C(=O)O. The molecule has 1 atom stereocenters. The van der Waals surface area contributed by atoms with E-state index in [4.69, 9.17) is 0 Å². The number of carbonyl (C=O) groups is 2. The zero-order valence-corrected chi connectivity index (χ0v) is 11.5. The van der Waals surface area contributed by atoms with Gasteiger partial charge >= 0.3 is 11.9 Å². The van der Waals surface area contributed by atoms with Gasteiger partial charge in [-0.25, -0.2) is 13.2 Å². The van der Waals surface area contributed by atoms with Crippen LogP contribution in [-0.2, 0) is 30.8 Å². The summed E-state index contributed by atoms with van der Waals surface area (Å²) in [6.45, 7) is 0. The van der Waals surface area contributed by atoms with Crippen molar-refractivity contribution in [1.82, 2.24) is 0 Å². The summed E-state index contributed by atoms with van der Waals surface area (Å²) >= 11 is 0. The van der Waals surface area contributed by atoms with E-state index in [0.29, 0.717) is 11.3 Å². The highest BCUT2D eigenvalue weighted by molar-refractivity contribution is 7.93. The van der Waals surface area contributed by atoms with Crippen molar-refractivity contribution in [3.8, 4) is 0 Å². The third-order valence-electron chi connectivity index (χ3n) is 3.04. The van der Waals surface area contributed by atoms with Crippen LogP contribution < -0.4 is 4.31 Å². The second-order valence-corrected chi connectivity index (χ2v) is 6.16. The van der Waals surface area contributed by atoms with Gasteiger partial charge in [0.05, 0.1) is 12.8 Å². The highest BCUT2D eigenvalue weighted by Gasteiger charge is 2.42. The minimum Gasteiger partial charge on any atom is -0.480 e. The van der Waals surface area contributed by atoms with Crippen LogP contribution in [0.5, 0.6) is 0 Å². The number of anilines is 1. The minimum absolute atomic E-state index is 0.0753. The van der Waals surface area contributed by atoms with E-state index in [9.17, 15) is 23.1 Å². The van der Waals surface area contributed by atoms with Crippen molar-refractivity contribution in [2.45, 2.75) is 12.5 Å². The fourth-order valence-corrected chi connectivity index (χ4v) is 3.75. The lowest BCUT2D eigenvalue weighted by molar-refractivity contribution is -0.139. The van der Waals surface area contributed by atoms with Crippen LogP contribution in [0, 0.1) is 0 Å². The summed E-state index contributed by atoms with van der Waals surface area (Å²) in [5.41, 5.74) is 0.914. The molecule has 1 aromatic rings. The van der Waals surface area contributed by atoms with Gasteiger partial charge in [-0.3, -0.25) is 9.10 Å². The van der Waals surface area contributed by atoms with Gasteiger partial charge in [-0.15, -0.1) is 0 Å². The first kappa shape index (κ1) is 14.3. The van der Waals surface area contributed by atoms with E-state index in [2.05, 4.69) is 4.74 Å². The Kier molecular flexibility index (Phi) is 3.67. The van der Waals surface area contributed by atoms with E-state index in [0.717, 1.165) is 11.4 Å². The van der Waals surface area contributed by atoms with Crippen LogP contribution in [-0.4, -0.2) is 44.4 Å². The Morgan fingerprint density at radius 3 is 2.65 bits per heavy atom. The molecule has 1 aromatic carbocycles. The number of esters is 1. The van der Waals surface area contributed by atoms with Crippen molar-refractivity contribution >= 4 is 27.6 Å². The standard InChI is InChI=1S/C12H13NO6S/c1-19-11(14)7-20(17,18)13-9-5-3-2-4-8(9)6-10(13)12(15)16/h2-5,10H,6-7H2,1H3,(H,15,16). The first-order valence-corrected chi connectivity index (χ1v) is 7.37. The van der Waals surface area contributed by atoms with Gasteiger partial charge in [0.25, 0.3) is 0 Å². The second kappa shape index (κ2) is 5.12. The average Bonchev–Trinajstić information content (AvgIpc) is 2.78. The molecule has 108 valence electrons. The van der Waals surface area contributed by atoms with Gasteiger partial charge in [0.1, 0.15) is 6.04 Å². The maximum Gasteiger partial charge on any atom is 0.327 e. The van der Waals surface area contributed by atoms with Gasteiger partial charge in [-0.1, -0.05) is 18.2 Å². The molecule has 0 fully saturated rings. The van der Waals surface area contributed by atoms with Crippen molar-refractivity contribution in [3.05, 3.63) is 29.8 Å². The summed E-state index contributed by atoms with van der Waals surface area (Å²) in [6, 6.07) is 5.27. The minimum atomic E-state index is -4.10. The topological polar surface area (TPSA) is 101 Å². The number of methoxy groups -OCH3 is 1. The molecule has 0 saturated heterocycles. The molecule has 0 amide bonds. The zero-order valence-electron chi connectivity index (χ0n) is 10.6. The van der Waals surface area contributed by atoms with E-state index < -0.39 is 33.8 Å². The van der Waals surface area contributed by atoms with E-state index in [1.54, 1.807) is 18.2 Å². The van der Waals surface area contributed by atoms with Crippen LogP contribution in [0.2, 0.25) is 0 Å². The quantitative estimate of drug-likeness (QED) is 0.786. The van der Waals surface area contributed by atoms with Gasteiger partial charge in [0.15, 0.2) is 5.75 Å². The van der Waals surface area contributed by atoms with Crippen molar-refractivity contribution in [1.29, 1.82) is 0 Å². The predicted molar refractivity (Wildman–Crippen MR) is 69.9 cm³/mol. The van der Waals surface area contributed by atoms with Crippen LogP contribution in [0.1, 0.15) is 5.56 Å². The molecule has 0 bridgehead atoms. The fourth-order valence-electron chi connectivity index (χ4n) is 2.17. The Labute approximate surface area is 115 Å². The van der Waals surface area contributed by atoms with E-state index in [1.807, 2.05) is 0 Å². The number of carboxylic acid groups (broad SMARTS) is 1. The van der Waals surface area contributed by atoms with Gasteiger partial charge in [0.2, 0.25) is 10.0 Å². The van der Waals surface area contributed by atoms with Crippen LogP contribution in [0.15, 0.2) is 24.3 Å². The molecule has 1 aliphatic heterocycles. The molecule has 2 rings (SSSR count). The van der Waals surface area contributed by atoms with Crippen molar-refractivity contribution in [2.75, 3.05) is 17.2 Å². The molecule has 0 saturated carbocycles.